The van der Waals surface area contributed by atoms with Crippen molar-refractivity contribution in [2.75, 3.05) is 0 Å². The van der Waals surface area contributed by atoms with E-state index in [0.717, 1.165) is 16.8 Å². The van der Waals surface area contributed by atoms with Crippen LogP contribution in [0.2, 0.25) is 5.02 Å². The maximum absolute atomic E-state index is 9.11. The van der Waals surface area contributed by atoms with Crippen LogP contribution < -0.4 is 0 Å². The molecule has 1 aromatic carbocycles. The third-order valence-corrected chi connectivity index (χ3v) is 4.36. The molecule has 0 unspecified atom stereocenters. The molecular weight excluding hydrogens is 344 g/mol. The molecule has 0 bridgehead atoms. The first-order valence-corrected chi connectivity index (χ1v) is 7.84. The molecule has 24 heavy (non-hydrogen) atoms. The first-order valence-electron chi connectivity index (χ1n) is 7.06. The van der Waals surface area contributed by atoms with Gasteiger partial charge in [0.05, 0.1) is 11.2 Å². The van der Waals surface area contributed by atoms with Gasteiger partial charge < -0.3 is 4.57 Å². The average Bonchev–Trinajstić information content (AvgIpc) is 3.07. The van der Waals surface area contributed by atoms with Crippen LogP contribution in [-0.4, -0.2) is 25.7 Å². The highest BCUT2D eigenvalue weighted by atomic mass is 35.5. The molecule has 0 atom stereocenters. The van der Waals surface area contributed by atoms with Crippen molar-refractivity contribution >= 4 is 30.0 Å². The minimum atomic E-state index is 0.357. The van der Waals surface area contributed by atoms with Gasteiger partial charge >= 0.3 is 0 Å². The molecule has 0 amide bonds. The lowest BCUT2D eigenvalue weighted by Crippen LogP contribution is -1.97. The summed E-state index contributed by atoms with van der Waals surface area (Å²) in [5, 5.41) is 21.0. The fourth-order valence-electron chi connectivity index (χ4n) is 2.30. The summed E-state index contributed by atoms with van der Waals surface area (Å²) >= 11 is 11.5. The molecular formula is C16H13ClN6S. The van der Waals surface area contributed by atoms with E-state index in [1.807, 2.05) is 36.7 Å². The molecule has 1 N–H and O–H groups in total. The molecule has 0 radical (unpaired) electrons. The van der Waals surface area contributed by atoms with Crippen molar-refractivity contribution in [3.05, 3.63) is 57.1 Å². The van der Waals surface area contributed by atoms with Crippen molar-refractivity contribution < 1.29 is 0 Å². The molecule has 3 aromatic rings. The topological polar surface area (TPSA) is 74.7 Å². The Morgan fingerprint density at radius 3 is 2.83 bits per heavy atom. The minimum absolute atomic E-state index is 0.357. The molecule has 0 aliphatic heterocycles. The molecule has 6 nitrogen and oxygen atoms in total. The Bertz CT molecular complexity index is 1030. The van der Waals surface area contributed by atoms with Gasteiger partial charge in [0.25, 0.3) is 0 Å². The van der Waals surface area contributed by atoms with Crippen LogP contribution >= 0.6 is 23.8 Å². The number of hydrogen-bond acceptors (Lipinski definition) is 4. The number of nitrogens with zero attached hydrogens (tertiary/aromatic N) is 5. The van der Waals surface area contributed by atoms with E-state index in [1.165, 1.54) is 4.68 Å². The molecule has 0 spiro atoms. The highest BCUT2D eigenvalue weighted by Gasteiger charge is 2.12. The van der Waals surface area contributed by atoms with Crippen LogP contribution in [0.4, 0.5) is 0 Å². The number of hydrogen-bond donors (Lipinski definition) is 1. The fourth-order valence-corrected chi connectivity index (χ4v) is 2.70. The zero-order valence-electron chi connectivity index (χ0n) is 13.0. The number of benzene rings is 1. The van der Waals surface area contributed by atoms with Crippen molar-refractivity contribution in [1.82, 2.24) is 19.4 Å². The second-order valence-corrected chi connectivity index (χ2v) is 5.92. The van der Waals surface area contributed by atoms with E-state index in [9.17, 15) is 0 Å². The SMILES string of the molecule is Cc1c(/C=N\n2c(-c3ccccc3Cl)n[nH]c2=S)cc(C#N)n1C. The summed E-state index contributed by atoms with van der Waals surface area (Å²) in [4.78, 5) is 0. The van der Waals surface area contributed by atoms with Crippen molar-refractivity contribution in [3.8, 4) is 17.5 Å². The Labute approximate surface area is 148 Å². The Morgan fingerprint density at radius 2 is 2.17 bits per heavy atom. The number of rotatable bonds is 3. The largest absolute Gasteiger partial charge is 0.339 e. The Balaban J connectivity index is 2.07. The van der Waals surface area contributed by atoms with Crippen LogP contribution in [0, 0.1) is 23.0 Å². The molecule has 2 heterocycles. The number of nitriles is 1. The van der Waals surface area contributed by atoms with Crippen LogP contribution in [0.5, 0.6) is 0 Å². The second kappa shape index (κ2) is 6.43. The minimum Gasteiger partial charge on any atom is -0.339 e. The van der Waals surface area contributed by atoms with Gasteiger partial charge in [-0.3, -0.25) is 0 Å². The van der Waals surface area contributed by atoms with Gasteiger partial charge in [-0.15, -0.1) is 0 Å². The Hall–Kier alpha value is -2.69. The molecule has 120 valence electrons. The second-order valence-electron chi connectivity index (χ2n) is 5.13. The molecule has 0 aliphatic rings. The number of aromatic amines is 1. The van der Waals surface area contributed by atoms with E-state index >= 15 is 0 Å². The molecule has 0 fully saturated rings. The van der Waals surface area contributed by atoms with E-state index in [0.29, 0.717) is 21.3 Å². The van der Waals surface area contributed by atoms with E-state index in [2.05, 4.69) is 21.4 Å². The van der Waals surface area contributed by atoms with Crippen LogP contribution in [0.3, 0.4) is 0 Å². The van der Waals surface area contributed by atoms with E-state index in [4.69, 9.17) is 29.1 Å². The summed E-state index contributed by atoms with van der Waals surface area (Å²) < 4.78 is 3.68. The maximum atomic E-state index is 9.11. The van der Waals surface area contributed by atoms with Crippen LogP contribution in [0.1, 0.15) is 17.0 Å². The number of H-pyrrole nitrogens is 1. The van der Waals surface area contributed by atoms with Gasteiger partial charge in [0.1, 0.15) is 11.8 Å². The first-order chi connectivity index (χ1) is 11.5. The smallest absolute Gasteiger partial charge is 0.216 e. The number of aromatic nitrogens is 4. The van der Waals surface area contributed by atoms with E-state index in [1.54, 1.807) is 18.3 Å². The normalized spacial score (nSPS) is 11.1. The van der Waals surface area contributed by atoms with E-state index in [-0.39, 0.29) is 0 Å². The molecule has 3 rings (SSSR count). The molecule has 0 saturated carbocycles. The quantitative estimate of drug-likeness (QED) is 0.574. The average molecular weight is 357 g/mol. The maximum Gasteiger partial charge on any atom is 0.216 e. The van der Waals surface area contributed by atoms with Gasteiger partial charge in [-0.25, -0.2) is 5.10 Å². The Kier molecular flexibility index (Phi) is 4.34. The number of halogens is 1. The lowest BCUT2D eigenvalue weighted by Gasteiger charge is -2.03. The lowest BCUT2D eigenvalue weighted by molar-refractivity contribution is 0.860. The van der Waals surface area contributed by atoms with Gasteiger partial charge in [0, 0.05) is 23.9 Å². The third kappa shape index (κ3) is 2.77. The predicted octanol–water partition coefficient (Wildman–Crippen LogP) is 3.66. The summed E-state index contributed by atoms with van der Waals surface area (Å²) in [5.41, 5.74) is 3.06. The summed E-state index contributed by atoms with van der Waals surface area (Å²) in [7, 11) is 1.84. The van der Waals surface area contributed by atoms with E-state index < -0.39 is 0 Å². The molecule has 0 saturated heterocycles. The third-order valence-electron chi connectivity index (χ3n) is 3.77. The number of nitrogens with one attached hydrogen (secondary N) is 1. The van der Waals surface area contributed by atoms with Crippen molar-refractivity contribution in [2.24, 2.45) is 12.1 Å². The first kappa shape index (κ1) is 16.2. The van der Waals surface area contributed by atoms with Crippen LogP contribution in [0.15, 0.2) is 35.4 Å². The summed E-state index contributed by atoms with van der Waals surface area (Å²) in [6, 6.07) is 11.3. The van der Waals surface area contributed by atoms with Gasteiger partial charge in [0.2, 0.25) is 4.77 Å². The van der Waals surface area contributed by atoms with Crippen molar-refractivity contribution in [1.29, 1.82) is 5.26 Å². The van der Waals surface area contributed by atoms with Crippen LogP contribution in [-0.2, 0) is 7.05 Å². The zero-order valence-corrected chi connectivity index (χ0v) is 14.6. The highest BCUT2D eigenvalue weighted by Crippen LogP contribution is 2.26. The summed E-state index contributed by atoms with van der Waals surface area (Å²) in [6.07, 6.45) is 1.65. The highest BCUT2D eigenvalue weighted by molar-refractivity contribution is 7.71. The van der Waals surface area contributed by atoms with Gasteiger partial charge in [-0.1, -0.05) is 23.7 Å². The molecule has 8 heteroatoms. The van der Waals surface area contributed by atoms with Gasteiger partial charge in [-0.05, 0) is 37.3 Å². The monoisotopic (exact) mass is 356 g/mol. The molecule has 2 aromatic heterocycles. The van der Waals surface area contributed by atoms with Crippen molar-refractivity contribution in [2.45, 2.75) is 6.92 Å². The lowest BCUT2D eigenvalue weighted by atomic mass is 10.2. The summed E-state index contributed by atoms with van der Waals surface area (Å²) in [6.45, 7) is 1.92. The van der Waals surface area contributed by atoms with Crippen LogP contribution in [0.25, 0.3) is 11.4 Å². The Morgan fingerprint density at radius 1 is 1.42 bits per heavy atom. The molecule has 0 aliphatic carbocycles. The van der Waals surface area contributed by atoms with Gasteiger partial charge in [-0.2, -0.15) is 20.1 Å². The van der Waals surface area contributed by atoms with Gasteiger partial charge in [0.15, 0.2) is 5.82 Å². The van der Waals surface area contributed by atoms with Crippen molar-refractivity contribution in [3.63, 3.8) is 0 Å². The zero-order chi connectivity index (χ0) is 17.3. The fraction of sp³-hybridized carbons (Fsp3) is 0.125. The summed E-state index contributed by atoms with van der Waals surface area (Å²) in [5.74, 6) is 0.524. The predicted molar refractivity (Wildman–Crippen MR) is 95.7 cm³/mol. The standard InChI is InChI=1S/C16H13ClN6S/c1-10-11(7-12(8-18)22(10)2)9-19-23-15(20-21-16(23)24)13-5-3-4-6-14(13)17/h3-7,9H,1-2H3,(H,21,24)/b19-9-.